The van der Waals surface area contributed by atoms with E-state index in [1.807, 2.05) is 43.0 Å². The van der Waals surface area contributed by atoms with E-state index in [2.05, 4.69) is 12.6 Å². The molecule has 0 saturated heterocycles. The molecule has 1 aromatic rings. The number of rotatable bonds is 3. The van der Waals surface area contributed by atoms with Gasteiger partial charge in [-0.1, -0.05) is 18.2 Å². The summed E-state index contributed by atoms with van der Waals surface area (Å²) < 4.78 is 0. The molecule has 1 aliphatic rings. The highest BCUT2D eigenvalue weighted by Crippen LogP contribution is 2.41. The average molecular weight is 235 g/mol. The van der Waals surface area contributed by atoms with Crippen LogP contribution in [0.5, 0.6) is 0 Å². The summed E-state index contributed by atoms with van der Waals surface area (Å²) in [5.41, 5.74) is 1.83. The lowest BCUT2D eigenvalue weighted by molar-refractivity contribution is -0.122. The molecule has 0 spiro atoms. The molecule has 0 aliphatic carbocycles. The maximum absolute atomic E-state index is 12.3. The summed E-state index contributed by atoms with van der Waals surface area (Å²) in [5, 5.41) is 0. The Kier molecular flexibility index (Phi) is 2.98. The van der Waals surface area contributed by atoms with Crippen LogP contribution in [0.15, 0.2) is 24.3 Å². The quantitative estimate of drug-likeness (QED) is 0.799. The first kappa shape index (κ1) is 11.5. The van der Waals surface area contributed by atoms with E-state index < -0.39 is 0 Å². The summed E-state index contributed by atoms with van der Waals surface area (Å²) >= 11 is 4.20. The Hall–Kier alpha value is -0.960. The second-order valence-electron chi connectivity index (χ2n) is 4.68. The summed E-state index contributed by atoms with van der Waals surface area (Å²) in [4.78, 5) is 14.2. The third kappa shape index (κ3) is 1.63. The van der Waals surface area contributed by atoms with Gasteiger partial charge in [0.1, 0.15) is 0 Å². The molecule has 0 aromatic heterocycles. The number of hydrogen-bond acceptors (Lipinski definition) is 2. The van der Waals surface area contributed by atoms with Crippen molar-refractivity contribution < 1.29 is 4.79 Å². The monoisotopic (exact) mass is 235 g/mol. The van der Waals surface area contributed by atoms with Gasteiger partial charge in [0.25, 0.3) is 0 Å². The van der Waals surface area contributed by atoms with E-state index in [4.69, 9.17) is 0 Å². The zero-order valence-electron chi connectivity index (χ0n) is 9.73. The van der Waals surface area contributed by atoms with Gasteiger partial charge in [-0.15, -0.1) is 0 Å². The van der Waals surface area contributed by atoms with Crippen LogP contribution in [0, 0.1) is 0 Å². The number of thiol groups is 1. The van der Waals surface area contributed by atoms with Crippen LogP contribution in [0.2, 0.25) is 0 Å². The van der Waals surface area contributed by atoms with Gasteiger partial charge in [-0.05, 0) is 37.7 Å². The van der Waals surface area contributed by atoms with E-state index in [0.29, 0.717) is 0 Å². The van der Waals surface area contributed by atoms with E-state index >= 15 is 0 Å². The number of nitrogens with zero attached hydrogens (tertiary/aromatic N) is 1. The van der Waals surface area contributed by atoms with Gasteiger partial charge in [0.15, 0.2) is 0 Å². The zero-order chi connectivity index (χ0) is 11.8. The lowest BCUT2D eigenvalue weighted by Gasteiger charge is -2.19. The molecule has 0 saturated carbocycles. The number of fused-ring (bicyclic) bond motifs is 1. The third-order valence-corrected chi connectivity index (χ3v) is 3.50. The van der Waals surface area contributed by atoms with Crippen LogP contribution in [0.4, 0.5) is 5.69 Å². The van der Waals surface area contributed by atoms with Crippen molar-refractivity contribution in [3.63, 3.8) is 0 Å². The fourth-order valence-electron chi connectivity index (χ4n) is 2.25. The average Bonchev–Trinajstić information content (AvgIpc) is 2.47. The van der Waals surface area contributed by atoms with Crippen molar-refractivity contribution in [2.24, 2.45) is 0 Å². The molecule has 2 nitrogen and oxygen atoms in total. The van der Waals surface area contributed by atoms with Crippen molar-refractivity contribution >= 4 is 24.2 Å². The predicted octanol–water partition coefficient (Wildman–Crippen LogP) is 2.63. The summed E-state index contributed by atoms with van der Waals surface area (Å²) in [5.74, 6) is 1.02. The van der Waals surface area contributed by atoms with E-state index in [1.54, 1.807) is 0 Å². The summed E-state index contributed by atoms with van der Waals surface area (Å²) in [7, 11) is 0. The molecule has 1 aromatic carbocycles. The molecule has 2 rings (SSSR count). The highest BCUT2D eigenvalue weighted by atomic mass is 32.1. The van der Waals surface area contributed by atoms with E-state index in [0.717, 1.165) is 30.0 Å². The van der Waals surface area contributed by atoms with Crippen molar-refractivity contribution in [1.82, 2.24) is 0 Å². The molecular formula is C13H17NOS. The van der Waals surface area contributed by atoms with Gasteiger partial charge in [0.05, 0.1) is 5.41 Å². The fraction of sp³-hybridized carbons (Fsp3) is 0.462. The smallest absolute Gasteiger partial charge is 0.237 e. The van der Waals surface area contributed by atoms with E-state index in [1.165, 1.54) is 0 Å². The minimum Gasteiger partial charge on any atom is -0.311 e. The van der Waals surface area contributed by atoms with Crippen molar-refractivity contribution in [2.75, 3.05) is 17.2 Å². The summed E-state index contributed by atoms with van der Waals surface area (Å²) in [6.07, 6.45) is 0.930. The fourth-order valence-corrected chi connectivity index (χ4v) is 2.39. The largest absolute Gasteiger partial charge is 0.311 e. The first-order valence-corrected chi connectivity index (χ1v) is 6.24. The zero-order valence-corrected chi connectivity index (χ0v) is 10.6. The van der Waals surface area contributed by atoms with Crippen molar-refractivity contribution in [3.8, 4) is 0 Å². The molecule has 0 unspecified atom stereocenters. The predicted molar refractivity (Wildman–Crippen MR) is 70.3 cm³/mol. The summed E-state index contributed by atoms with van der Waals surface area (Å²) in [6.45, 7) is 4.76. The number of benzene rings is 1. The lowest BCUT2D eigenvalue weighted by Crippen LogP contribution is -2.36. The Morgan fingerprint density at radius 2 is 2.00 bits per heavy atom. The molecule has 1 heterocycles. The van der Waals surface area contributed by atoms with Crippen LogP contribution >= 0.6 is 12.6 Å². The highest BCUT2D eigenvalue weighted by Gasteiger charge is 2.42. The molecule has 3 heteroatoms. The second kappa shape index (κ2) is 4.13. The van der Waals surface area contributed by atoms with Crippen LogP contribution in [0.1, 0.15) is 25.8 Å². The molecule has 16 heavy (non-hydrogen) atoms. The van der Waals surface area contributed by atoms with E-state index in [9.17, 15) is 4.79 Å². The SMILES string of the molecule is CC1(C)C(=O)N(CCCS)c2ccccc21. The second-order valence-corrected chi connectivity index (χ2v) is 5.12. The van der Waals surface area contributed by atoms with Crippen LogP contribution in [0.25, 0.3) is 0 Å². The maximum Gasteiger partial charge on any atom is 0.237 e. The Morgan fingerprint density at radius 1 is 1.31 bits per heavy atom. The number of para-hydroxylation sites is 1. The first-order chi connectivity index (χ1) is 7.59. The third-order valence-electron chi connectivity index (χ3n) is 3.19. The van der Waals surface area contributed by atoms with Gasteiger partial charge in [0, 0.05) is 12.2 Å². The first-order valence-electron chi connectivity index (χ1n) is 5.61. The van der Waals surface area contributed by atoms with E-state index in [-0.39, 0.29) is 11.3 Å². The molecule has 0 fully saturated rings. The topological polar surface area (TPSA) is 20.3 Å². The van der Waals surface area contributed by atoms with Gasteiger partial charge in [-0.3, -0.25) is 4.79 Å². The molecular weight excluding hydrogens is 218 g/mol. The maximum atomic E-state index is 12.3. The van der Waals surface area contributed by atoms with Gasteiger partial charge < -0.3 is 4.90 Å². The molecule has 0 atom stereocenters. The normalized spacial score (nSPS) is 17.7. The molecule has 1 aliphatic heterocycles. The van der Waals surface area contributed by atoms with Gasteiger partial charge in [-0.2, -0.15) is 12.6 Å². The molecule has 86 valence electrons. The Balaban J connectivity index is 2.39. The van der Waals surface area contributed by atoms with Crippen molar-refractivity contribution in [3.05, 3.63) is 29.8 Å². The Bertz CT molecular complexity index is 414. The Labute approximate surface area is 102 Å². The van der Waals surface area contributed by atoms with Crippen LogP contribution < -0.4 is 4.90 Å². The van der Waals surface area contributed by atoms with Crippen LogP contribution in [-0.4, -0.2) is 18.2 Å². The van der Waals surface area contributed by atoms with Gasteiger partial charge in [0.2, 0.25) is 5.91 Å². The Morgan fingerprint density at radius 3 is 2.69 bits per heavy atom. The number of anilines is 1. The van der Waals surface area contributed by atoms with Crippen LogP contribution in [0.3, 0.4) is 0 Å². The minimum atomic E-state index is -0.382. The number of amides is 1. The van der Waals surface area contributed by atoms with Crippen LogP contribution in [-0.2, 0) is 10.2 Å². The summed E-state index contributed by atoms with van der Waals surface area (Å²) in [6, 6.07) is 8.06. The molecule has 0 bridgehead atoms. The number of carbonyl (C=O) groups is 1. The molecule has 1 amide bonds. The number of carbonyl (C=O) groups excluding carboxylic acids is 1. The van der Waals surface area contributed by atoms with Gasteiger partial charge in [-0.25, -0.2) is 0 Å². The molecule has 0 N–H and O–H groups in total. The lowest BCUT2D eigenvalue weighted by atomic mass is 9.86. The standard InChI is InChI=1S/C13H17NOS/c1-13(2)10-6-3-4-7-11(10)14(12(13)15)8-5-9-16/h3-4,6-7,16H,5,8-9H2,1-2H3. The molecule has 0 radical (unpaired) electrons. The van der Waals surface area contributed by atoms with Crippen molar-refractivity contribution in [1.29, 1.82) is 0 Å². The van der Waals surface area contributed by atoms with Gasteiger partial charge >= 0.3 is 0 Å². The highest BCUT2D eigenvalue weighted by molar-refractivity contribution is 7.80. The van der Waals surface area contributed by atoms with Crippen molar-refractivity contribution in [2.45, 2.75) is 25.7 Å². The number of hydrogen-bond donors (Lipinski definition) is 1. The minimum absolute atomic E-state index is 0.204.